The van der Waals surface area contributed by atoms with Crippen LogP contribution in [-0.2, 0) is 0 Å². The zero-order chi connectivity index (χ0) is 16.9. The largest absolute Gasteiger partial charge is 0.493 e. The fourth-order valence-corrected chi connectivity index (χ4v) is 3.06. The molecule has 0 N–H and O–H groups in total. The average molecular weight is 346 g/mol. The maximum atomic E-state index is 12.9. The number of ether oxygens (including phenoxy) is 1. The number of rotatable bonds is 5. The Labute approximate surface area is 146 Å². The number of hydrogen-bond acceptors (Lipinski definition) is 4. The predicted molar refractivity (Wildman–Crippen MR) is 92.5 cm³/mol. The molecule has 1 amide bonds. The van der Waals surface area contributed by atoms with E-state index in [1.807, 2.05) is 11.8 Å². The van der Waals surface area contributed by atoms with Gasteiger partial charge >= 0.3 is 0 Å². The molecule has 1 atom stereocenters. The lowest BCUT2D eigenvalue weighted by Gasteiger charge is -2.19. The number of likely N-dealkylation sites (tertiary alicyclic amines) is 1. The first-order valence-corrected chi connectivity index (χ1v) is 8.54. The summed E-state index contributed by atoms with van der Waals surface area (Å²) < 4.78 is 5.70. The van der Waals surface area contributed by atoms with Crippen molar-refractivity contribution in [2.75, 3.05) is 19.7 Å². The van der Waals surface area contributed by atoms with Crippen LogP contribution < -0.4 is 4.74 Å². The van der Waals surface area contributed by atoms with Gasteiger partial charge in [0.15, 0.2) is 0 Å². The highest BCUT2D eigenvalue weighted by Crippen LogP contribution is 2.30. The van der Waals surface area contributed by atoms with Gasteiger partial charge in [-0.1, -0.05) is 18.5 Å². The van der Waals surface area contributed by atoms with Gasteiger partial charge in [-0.05, 0) is 31.0 Å². The molecule has 3 rings (SSSR count). The molecule has 1 saturated heterocycles. The second-order valence-corrected chi connectivity index (χ2v) is 6.29. The Balaban J connectivity index is 1.76. The van der Waals surface area contributed by atoms with E-state index in [1.54, 1.807) is 36.8 Å². The summed E-state index contributed by atoms with van der Waals surface area (Å²) in [5.41, 5.74) is 1.46. The molecule has 1 aliphatic rings. The number of carbonyl (C=O) groups excluding carboxylic acids is 1. The maximum Gasteiger partial charge on any atom is 0.257 e. The van der Waals surface area contributed by atoms with Gasteiger partial charge in [0, 0.05) is 42.6 Å². The van der Waals surface area contributed by atoms with Crippen molar-refractivity contribution in [3.63, 3.8) is 0 Å². The fourth-order valence-electron chi connectivity index (χ4n) is 2.89. The molecule has 0 bridgehead atoms. The van der Waals surface area contributed by atoms with E-state index in [0.717, 1.165) is 18.5 Å². The summed E-state index contributed by atoms with van der Waals surface area (Å²) >= 11 is 6.08. The monoisotopic (exact) mass is 345 g/mol. The summed E-state index contributed by atoms with van der Waals surface area (Å²) in [5.74, 6) is 0.769. The normalized spacial score (nSPS) is 17.1. The van der Waals surface area contributed by atoms with Gasteiger partial charge in [-0.25, -0.2) is 0 Å². The van der Waals surface area contributed by atoms with Crippen LogP contribution in [0.15, 0.2) is 36.8 Å². The molecule has 6 heteroatoms. The lowest BCUT2D eigenvalue weighted by Crippen LogP contribution is -2.29. The van der Waals surface area contributed by atoms with Crippen molar-refractivity contribution < 1.29 is 9.53 Å². The number of aromatic nitrogens is 2. The second-order valence-electron chi connectivity index (χ2n) is 5.86. The number of benzene rings is 1. The Kier molecular flexibility index (Phi) is 5.30. The van der Waals surface area contributed by atoms with Crippen LogP contribution in [0, 0.1) is 0 Å². The summed E-state index contributed by atoms with van der Waals surface area (Å²) in [4.78, 5) is 23.2. The molecule has 5 nitrogen and oxygen atoms in total. The predicted octanol–water partition coefficient (Wildman–Crippen LogP) is 3.55. The average Bonchev–Trinajstić information content (AvgIpc) is 3.11. The quantitative estimate of drug-likeness (QED) is 0.831. The highest BCUT2D eigenvalue weighted by atomic mass is 35.5. The molecule has 0 radical (unpaired) electrons. The van der Waals surface area contributed by atoms with E-state index in [1.165, 1.54) is 0 Å². The summed E-state index contributed by atoms with van der Waals surface area (Å²) in [6, 6.07) is 5.20. The third-order valence-electron chi connectivity index (χ3n) is 4.11. The van der Waals surface area contributed by atoms with E-state index < -0.39 is 0 Å². The second kappa shape index (κ2) is 7.62. The molecular weight excluding hydrogens is 326 g/mol. The summed E-state index contributed by atoms with van der Waals surface area (Å²) in [7, 11) is 0. The fraction of sp³-hybridized carbons (Fsp3) is 0.389. The molecule has 24 heavy (non-hydrogen) atoms. The Morgan fingerprint density at radius 2 is 2.29 bits per heavy atom. The van der Waals surface area contributed by atoms with Crippen LogP contribution in [0.1, 0.15) is 41.7 Å². The van der Waals surface area contributed by atoms with Crippen molar-refractivity contribution >= 4 is 17.5 Å². The minimum Gasteiger partial charge on any atom is -0.493 e. The zero-order valence-corrected chi connectivity index (χ0v) is 14.4. The Bertz CT molecular complexity index is 709. The number of nitrogens with zero attached hydrogens (tertiary/aromatic N) is 3. The smallest absolute Gasteiger partial charge is 0.257 e. The molecule has 0 aliphatic carbocycles. The first-order valence-electron chi connectivity index (χ1n) is 8.16. The van der Waals surface area contributed by atoms with Crippen molar-refractivity contribution in [2.24, 2.45) is 0 Å². The van der Waals surface area contributed by atoms with E-state index >= 15 is 0 Å². The molecule has 1 aliphatic heterocycles. The molecular formula is C18H20ClN3O2. The van der Waals surface area contributed by atoms with E-state index in [2.05, 4.69) is 9.97 Å². The SMILES string of the molecule is CCCOc1ccc(Cl)cc1C(=O)N1CCC(c2cnccn2)C1. The Morgan fingerprint density at radius 1 is 1.42 bits per heavy atom. The highest BCUT2D eigenvalue weighted by Gasteiger charge is 2.30. The standard InChI is InChI=1S/C18H20ClN3O2/c1-2-9-24-17-4-3-14(19)10-15(17)18(23)22-8-5-13(12-22)16-11-20-6-7-21-16/h3-4,6-7,10-11,13H,2,5,8-9,12H2,1H3. The van der Waals surface area contributed by atoms with E-state index in [0.29, 0.717) is 36.0 Å². The van der Waals surface area contributed by atoms with Crippen LogP contribution in [0.4, 0.5) is 0 Å². The number of amides is 1. The van der Waals surface area contributed by atoms with Crippen LogP contribution in [-0.4, -0.2) is 40.5 Å². The van der Waals surface area contributed by atoms with Crippen molar-refractivity contribution in [3.05, 3.63) is 53.1 Å². The van der Waals surface area contributed by atoms with E-state index in [-0.39, 0.29) is 11.8 Å². The molecule has 126 valence electrons. The van der Waals surface area contributed by atoms with Crippen molar-refractivity contribution in [3.8, 4) is 5.75 Å². The minimum absolute atomic E-state index is 0.0463. The summed E-state index contributed by atoms with van der Waals surface area (Å²) in [6.07, 6.45) is 6.89. The lowest BCUT2D eigenvalue weighted by molar-refractivity contribution is 0.0786. The van der Waals surface area contributed by atoms with Crippen LogP contribution in [0.2, 0.25) is 5.02 Å². The van der Waals surface area contributed by atoms with Crippen LogP contribution in [0.3, 0.4) is 0 Å². The molecule has 0 saturated carbocycles. The van der Waals surface area contributed by atoms with Crippen molar-refractivity contribution in [2.45, 2.75) is 25.7 Å². The van der Waals surface area contributed by atoms with E-state index in [9.17, 15) is 4.79 Å². The van der Waals surface area contributed by atoms with Gasteiger partial charge in [-0.15, -0.1) is 0 Å². The Hall–Kier alpha value is -2.14. The van der Waals surface area contributed by atoms with Gasteiger partial charge < -0.3 is 9.64 Å². The highest BCUT2D eigenvalue weighted by molar-refractivity contribution is 6.31. The molecule has 1 unspecified atom stereocenters. The molecule has 2 heterocycles. The number of carbonyl (C=O) groups is 1. The van der Waals surface area contributed by atoms with Gasteiger partial charge in [0.2, 0.25) is 0 Å². The van der Waals surface area contributed by atoms with Crippen molar-refractivity contribution in [1.29, 1.82) is 0 Å². The topological polar surface area (TPSA) is 55.3 Å². The van der Waals surface area contributed by atoms with Gasteiger partial charge in [-0.2, -0.15) is 0 Å². The third kappa shape index (κ3) is 3.67. The van der Waals surface area contributed by atoms with E-state index in [4.69, 9.17) is 16.3 Å². The first kappa shape index (κ1) is 16.7. The summed E-state index contributed by atoms with van der Waals surface area (Å²) in [6.45, 7) is 3.94. The maximum absolute atomic E-state index is 12.9. The van der Waals surface area contributed by atoms with Crippen LogP contribution >= 0.6 is 11.6 Å². The third-order valence-corrected chi connectivity index (χ3v) is 4.35. The van der Waals surface area contributed by atoms with Crippen LogP contribution in [0.25, 0.3) is 0 Å². The van der Waals surface area contributed by atoms with Gasteiger partial charge in [-0.3, -0.25) is 14.8 Å². The molecule has 2 aromatic rings. The molecule has 0 spiro atoms. The van der Waals surface area contributed by atoms with Gasteiger partial charge in [0.05, 0.1) is 17.9 Å². The Morgan fingerprint density at radius 3 is 3.04 bits per heavy atom. The number of hydrogen-bond donors (Lipinski definition) is 0. The van der Waals surface area contributed by atoms with Crippen LogP contribution in [0.5, 0.6) is 5.75 Å². The van der Waals surface area contributed by atoms with Gasteiger partial charge in [0.1, 0.15) is 5.75 Å². The van der Waals surface area contributed by atoms with Gasteiger partial charge in [0.25, 0.3) is 5.91 Å². The molecule has 1 fully saturated rings. The molecule has 1 aromatic heterocycles. The number of halogens is 1. The first-order chi connectivity index (χ1) is 11.7. The zero-order valence-electron chi connectivity index (χ0n) is 13.6. The molecule has 1 aromatic carbocycles. The van der Waals surface area contributed by atoms with Crippen molar-refractivity contribution in [1.82, 2.24) is 14.9 Å². The summed E-state index contributed by atoms with van der Waals surface area (Å²) in [5, 5.41) is 0.534. The minimum atomic E-state index is -0.0463. The lowest BCUT2D eigenvalue weighted by atomic mass is 10.1.